The molecule has 0 aliphatic heterocycles. The van der Waals surface area contributed by atoms with E-state index in [-0.39, 0.29) is 11.3 Å². The van der Waals surface area contributed by atoms with E-state index in [1.165, 1.54) is 5.56 Å². The Labute approximate surface area is 114 Å². The Morgan fingerprint density at radius 1 is 1.21 bits per heavy atom. The van der Waals surface area contributed by atoms with Crippen molar-refractivity contribution in [2.45, 2.75) is 32.1 Å². The van der Waals surface area contributed by atoms with Crippen molar-refractivity contribution in [1.29, 1.82) is 0 Å². The number of nitrogens with zero attached hydrogens (tertiary/aromatic N) is 3. The van der Waals surface area contributed by atoms with Crippen LogP contribution < -0.4 is 5.73 Å². The molecule has 0 amide bonds. The molecule has 4 heteroatoms. The van der Waals surface area contributed by atoms with E-state index in [2.05, 4.69) is 38.0 Å². The predicted octanol–water partition coefficient (Wildman–Crippen LogP) is 2.20. The molecule has 0 saturated heterocycles. The van der Waals surface area contributed by atoms with Gasteiger partial charge in [0.05, 0.1) is 5.92 Å². The molecule has 2 rings (SSSR count). The predicted molar refractivity (Wildman–Crippen MR) is 77.0 cm³/mol. The van der Waals surface area contributed by atoms with Gasteiger partial charge in [0.25, 0.3) is 0 Å². The first-order valence-electron chi connectivity index (χ1n) is 6.60. The molecule has 1 atom stereocenters. The van der Waals surface area contributed by atoms with Crippen molar-refractivity contribution in [3.8, 4) is 0 Å². The van der Waals surface area contributed by atoms with Crippen LogP contribution in [0, 0.1) is 0 Å². The molecule has 102 valence electrons. The van der Waals surface area contributed by atoms with E-state index in [0.29, 0.717) is 6.54 Å². The zero-order valence-corrected chi connectivity index (χ0v) is 12.1. The van der Waals surface area contributed by atoms with Crippen molar-refractivity contribution in [2.75, 3.05) is 6.54 Å². The van der Waals surface area contributed by atoms with Crippen LogP contribution in [0.2, 0.25) is 0 Å². The first-order valence-corrected chi connectivity index (χ1v) is 6.60. The molecular weight excluding hydrogens is 236 g/mol. The van der Waals surface area contributed by atoms with E-state index in [4.69, 9.17) is 10.7 Å². The maximum atomic E-state index is 5.94. The van der Waals surface area contributed by atoms with E-state index in [0.717, 1.165) is 11.6 Å². The second-order valence-electron chi connectivity index (χ2n) is 5.87. The summed E-state index contributed by atoms with van der Waals surface area (Å²) in [5, 5.41) is 4.53. The fourth-order valence-corrected chi connectivity index (χ4v) is 2.09. The van der Waals surface area contributed by atoms with Crippen LogP contribution in [-0.2, 0) is 12.5 Å². The molecular formula is C15H22N4. The first-order chi connectivity index (χ1) is 8.93. The maximum absolute atomic E-state index is 5.94. The van der Waals surface area contributed by atoms with Gasteiger partial charge in [0.1, 0.15) is 5.82 Å². The molecule has 0 bridgehead atoms. The number of rotatable bonds is 3. The highest BCUT2D eigenvalue weighted by Gasteiger charge is 2.24. The fraction of sp³-hybridized carbons (Fsp3) is 0.467. The number of hydrogen-bond acceptors (Lipinski definition) is 3. The first kappa shape index (κ1) is 13.7. The molecule has 0 aliphatic rings. The van der Waals surface area contributed by atoms with Gasteiger partial charge in [-0.2, -0.15) is 5.10 Å². The van der Waals surface area contributed by atoms with Gasteiger partial charge in [0, 0.05) is 19.0 Å². The van der Waals surface area contributed by atoms with Crippen LogP contribution in [-0.4, -0.2) is 21.3 Å². The summed E-state index contributed by atoms with van der Waals surface area (Å²) >= 11 is 0. The van der Waals surface area contributed by atoms with Crippen LogP contribution in [0.1, 0.15) is 43.9 Å². The Kier molecular flexibility index (Phi) is 3.71. The monoisotopic (exact) mass is 258 g/mol. The van der Waals surface area contributed by atoms with Crippen molar-refractivity contribution in [3.63, 3.8) is 0 Å². The summed E-state index contributed by atoms with van der Waals surface area (Å²) in [5.74, 6) is 1.88. The highest BCUT2D eigenvalue weighted by atomic mass is 15.3. The highest BCUT2D eigenvalue weighted by Crippen LogP contribution is 2.25. The summed E-state index contributed by atoms with van der Waals surface area (Å²) in [4.78, 5) is 4.70. The van der Waals surface area contributed by atoms with Crippen LogP contribution in [0.25, 0.3) is 0 Å². The van der Waals surface area contributed by atoms with Gasteiger partial charge in [-0.3, -0.25) is 4.68 Å². The average molecular weight is 258 g/mol. The summed E-state index contributed by atoms with van der Waals surface area (Å²) in [6, 6.07) is 10.2. The second kappa shape index (κ2) is 5.13. The molecule has 0 spiro atoms. The van der Waals surface area contributed by atoms with Crippen molar-refractivity contribution in [1.82, 2.24) is 14.8 Å². The lowest BCUT2D eigenvalue weighted by atomic mass is 9.95. The number of benzene rings is 1. The summed E-state index contributed by atoms with van der Waals surface area (Å²) in [5.41, 5.74) is 7.07. The van der Waals surface area contributed by atoms with Gasteiger partial charge in [0.2, 0.25) is 0 Å². The quantitative estimate of drug-likeness (QED) is 0.918. The van der Waals surface area contributed by atoms with Gasteiger partial charge < -0.3 is 5.73 Å². The van der Waals surface area contributed by atoms with Crippen LogP contribution in [0.5, 0.6) is 0 Å². The Bertz CT molecular complexity index is 537. The van der Waals surface area contributed by atoms with Crippen molar-refractivity contribution >= 4 is 0 Å². The lowest BCUT2D eigenvalue weighted by Gasteiger charge is -2.14. The van der Waals surface area contributed by atoms with Crippen LogP contribution in [0.15, 0.2) is 30.3 Å². The van der Waals surface area contributed by atoms with Crippen molar-refractivity contribution in [2.24, 2.45) is 12.8 Å². The van der Waals surface area contributed by atoms with E-state index >= 15 is 0 Å². The zero-order valence-electron chi connectivity index (χ0n) is 12.1. The van der Waals surface area contributed by atoms with Gasteiger partial charge in [-0.15, -0.1) is 0 Å². The minimum absolute atomic E-state index is 0.0498. The van der Waals surface area contributed by atoms with Gasteiger partial charge in [0.15, 0.2) is 5.82 Å². The number of aromatic nitrogens is 3. The minimum Gasteiger partial charge on any atom is -0.329 e. The van der Waals surface area contributed by atoms with Gasteiger partial charge >= 0.3 is 0 Å². The van der Waals surface area contributed by atoms with Crippen molar-refractivity contribution < 1.29 is 0 Å². The molecule has 1 aromatic carbocycles. The Morgan fingerprint density at radius 3 is 2.32 bits per heavy atom. The zero-order chi connectivity index (χ0) is 14.0. The molecule has 1 unspecified atom stereocenters. The Morgan fingerprint density at radius 2 is 1.84 bits per heavy atom. The summed E-state index contributed by atoms with van der Waals surface area (Å²) < 4.78 is 1.85. The van der Waals surface area contributed by atoms with E-state index in [1.807, 2.05) is 29.9 Å². The lowest BCUT2D eigenvalue weighted by Crippen LogP contribution is -2.18. The third kappa shape index (κ3) is 2.84. The van der Waals surface area contributed by atoms with Crippen LogP contribution in [0.4, 0.5) is 0 Å². The fourth-order valence-electron chi connectivity index (χ4n) is 2.09. The largest absolute Gasteiger partial charge is 0.329 e. The minimum atomic E-state index is -0.0498. The van der Waals surface area contributed by atoms with Gasteiger partial charge in [-0.25, -0.2) is 4.98 Å². The number of nitrogens with two attached hydrogens (primary N) is 1. The molecule has 0 radical (unpaired) electrons. The topological polar surface area (TPSA) is 56.7 Å². The lowest BCUT2D eigenvalue weighted by molar-refractivity contribution is 0.538. The molecule has 0 fully saturated rings. The van der Waals surface area contributed by atoms with E-state index in [1.54, 1.807) is 0 Å². The van der Waals surface area contributed by atoms with Crippen molar-refractivity contribution in [3.05, 3.63) is 47.5 Å². The van der Waals surface area contributed by atoms with Crippen LogP contribution >= 0.6 is 0 Å². The van der Waals surface area contributed by atoms with E-state index in [9.17, 15) is 0 Å². The molecule has 0 saturated carbocycles. The summed E-state index contributed by atoms with van der Waals surface area (Å²) in [6.07, 6.45) is 0. The SMILES string of the molecule is Cn1nc(C(C)(C)C)nc1C(CN)c1ccccc1. The summed E-state index contributed by atoms with van der Waals surface area (Å²) in [7, 11) is 1.93. The molecule has 1 heterocycles. The normalized spacial score (nSPS) is 13.5. The van der Waals surface area contributed by atoms with Gasteiger partial charge in [-0.1, -0.05) is 51.1 Å². The highest BCUT2D eigenvalue weighted by molar-refractivity contribution is 5.26. The van der Waals surface area contributed by atoms with Gasteiger partial charge in [-0.05, 0) is 5.56 Å². The molecule has 2 aromatic rings. The second-order valence-corrected chi connectivity index (χ2v) is 5.87. The Balaban J connectivity index is 2.42. The molecule has 0 aliphatic carbocycles. The maximum Gasteiger partial charge on any atom is 0.156 e. The molecule has 2 N–H and O–H groups in total. The average Bonchev–Trinajstić information content (AvgIpc) is 2.74. The summed E-state index contributed by atoms with van der Waals surface area (Å²) in [6.45, 7) is 6.88. The standard InChI is InChI=1S/C15H22N4/c1-15(2,3)14-17-13(19(4)18-14)12(10-16)11-8-6-5-7-9-11/h5-9,12H,10,16H2,1-4H3. The third-order valence-corrected chi connectivity index (χ3v) is 3.22. The van der Waals surface area contributed by atoms with E-state index < -0.39 is 0 Å². The third-order valence-electron chi connectivity index (χ3n) is 3.22. The molecule has 1 aromatic heterocycles. The number of hydrogen-bond donors (Lipinski definition) is 1. The Hall–Kier alpha value is -1.68. The smallest absolute Gasteiger partial charge is 0.156 e. The molecule has 19 heavy (non-hydrogen) atoms. The molecule has 4 nitrogen and oxygen atoms in total. The van der Waals surface area contributed by atoms with Crippen LogP contribution in [0.3, 0.4) is 0 Å². The number of aryl methyl sites for hydroxylation is 1.